The van der Waals surface area contributed by atoms with Crippen molar-refractivity contribution in [2.24, 2.45) is 16.3 Å². The Kier molecular flexibility index (Phi) is 6.21. The number of ether oxygens (including phenoxy) is 1. The average Bonchev–Trinajstić information content (AvgIpc) is 3.03. The first-order valence-corrected chi connectivity index (χ1v) is 10.8. The molecule has 0 amide bonds. The molecule has 0 radical (unpaired) electrons. The number of thioether (sulfide) groups is 1. The minimum absolute atomic E-state index is 0. The standard InChI is InChI=1S/C19H33N3OS.HI/c1-18(2)15(14-7-11-23-16(14)18)21-17(20-3)22-10-12-24-19(13-22)8-5-4-6-9-19;/h14-16H,4-13H2,1-3H3,(H,20,21);1H. The third kappa shape index (κ3) is 3.56. The SMILES string of the molecule is CN=C(NC1C2CCOC2C1(C)C)N1CCSC2(CCCCC2)C1.I. The Labute approximate surface area is 174 Å². The maximum absolute atomic E-state index is 5.95. The van der Waals surface area contributed by atoms with E-state index in [-0.39, 0.29) is 29.4 Å². The van der Waals surface area contributed by atoms with E-state index >= 15 is 0 Å². The summed E-state index contributed by atoms with van der Waals surface area (Å²) < 4.78 is 6.44. The van der Waals surface area contributed by atoms with Crippen molar-refractivity contribution in [2.45, 2.75) is 69.3 Å². The quantitative estimate of drug-likeness (QED) is 0.353. The largest absolute Gasteiger partial charge is 0.377 e. The lowest BCUT2D eigenvalue weighted by Gasteiger charge is -2.56. The van der Waals surface area contributed by atoms with Gasteiger partial charge in [-0.05, 0) is 19.3 Å². The normalized spacial score (nSPS) is 36.4. The van der Waals surface area contributed by atoms with Crippen molar-refractivity contribution in [2.75, 3.05) is 32.5 Å². The number of fused-ring (bicyclic) bond motifs is 1. The van der Waals surface area contributed by atoms with Crippen LogP contribution >= 0.6 is 35.7 Å². The first kappa shape index (κ1) is 20.1. The van der Waals surface area contributed by atoms with Gasteiger partial charge in [-0.1, -0.05) is 33.1 Å². The summed E-state index contributed by atoms with van der Waals surface area (Å²) in [6.45, 7) is 7.93. The molecule has 2 aliphatic carbocycles. The zero-order valence-corrected chi connectivity index (χ0v) is 19.1. The van der Waals surface area contributed by atoms with Gasteiger partial charge in [-0.3, -0.25) is 4.99 Å². The van der Waals surface area contributed by atoms with Gasteiger partial charge in [-0.2, -0.15) is 11.8 Å². The van der Waals surface area contributed by atoms with Crippen LogP contribution in [0, 0.1) is 11.3 Å². The van der Waals surface area contributed by atoms with Crippen LogP contribution in [0.2, 0.25) is 0 Å². The van der Waals surface area contributed by atoms with Crippen LogP contribution in [0.15, 0.2) is 4.99 Å². The monoisotopic (exact) mass is 479 g/mol. The van der Waals surface area contributed by atoms with Gasteiger partial charge in [0, 0.05) is 54.6 Å². The zero-order valence-electron chi connectivity index (χ0n) is 15.9. The molecule has 6 heteroatoms. The summed E-state index contributed by atoms with van der Waals surface area (Å²) in [5.74, 6) is 3.03. The molecule has 4 nitrogen and oxygen atoms in total. The minimum atomic E-state index is 0. The molecule has 144 valence electrons. The molecule has 0 bridgehead atoms. The molecule has 25 heavy (non-hydrogen) atoms. The van der Waals surface area contributed by atoms with Crippen LogP contribution in [0.5, 0.6) is 0 Å². The van der Waals surface area contributed by atoms with Crippen molar-refractivity contribution in [3.05, 3.63) is 0 Å². The molecule has 0 aromatic rings. The van der Waals surface area contributed by atoms with E-state index in [1.54, 1.807) is 0 Å². The van der Waals surface area contributed by atoms with Gasteiger partial charge in [0.25, 0.3) is 0 Å². The van der Waals surface area contributed by atoms with Gasteiger partial charge in [0.15, 0.2) is 5.96 Å². The Morgan fingerprint density at radius 1 is 1.24 bits per heavy atom. The van der Waals surface area contributed by atoms with Gasteiger partial charge >= 0.3 is 0 Å². The number of aliphatic imine (C=N–C) groups is 1. The lowest BCUT2D eigenvalue weighted by atomic mass is 9.57. The third-order valence-electron chi connectivity index (χ3n) is 6.91. The van der Waals surface area contributed by atoms with E-state index in [0.29, 0.717) is 22.8 Å². The smallest absolute Gasteiger partial charge is 0.193 e. The van der Waals surface area contributed by atoms with Gasteiger partial charge in [-0.25, -0.2) is 0 Å². The molecule has 2 heterocycles. The highest BCUT2D eigenvalue weighted by Crippen LogP contribution is 2.52. The molecule has 4 fully saturated rings. The number of guanidine groups is 1. The van der Waals surface area contributed by atoms with E-state index < -0.39 is 0 Å². The molecule has 2 saturated heterocycles. The van der Waals surface area contributed by atoms with Gasteiger partial charge in [0.05, 0.1) is 6.10 Å². The van der Waals surface area contributed by atoms with Crippen LogP contribution in [-0.2, 0) is 4.74 Å². The highest BCUT2D eigenvalue weighted by molar-refractivity contribution is 14.0. The lowest BCUT2D eigenvalue weighted by Crippen LogP contribution is -2.68. The van der Waals surface area contributed by atoms with E-state index in [4.69, 9.17) is 4.74 Å². The molecule has 1 N–H and O–H groups in total. The summed E-state index contributed by atoms with van der Waals surface area (Å²) in [5.41, 5.74) is 0.212. The zero-order chi connectivity index (χ0) is 16.8. The van der Waals surface area contributed by atoms with E-state index in [1.807, 2.05) is 7.05 Å². The summed E-state index contributed by atoms with van der Waals surface area (Å²) in [6.07, 6.45) is 8.65. The number of hydrogen-bond donors (Lipinski definition) is 1. The fourth-order valence-electron chi connectivity index (χ4n) is 5.58. The van der Waals surface area contributed by atoms with Gasteiger partial charge in [0.2, 0.25) is 0 Å². The summed E-state index contributed by atoms with van der Waals surface area (Å²) in [7, 11) is 1.95. The number of hydrogen-bond acceptors (Lipinski definition) is 3. The third-order valence-corrected chi connectivity index (χ3v) is 8.45. The Morgan fingerprint density at radius 2 is 2.00 bits per heavy atom. The van der Waals surface area contributed by atoms with Crippen molar-refractivity contribution in [1.82, 2.24) is 10.2 Å². The molecule has 3 atom stereocenters. The molecular weight excluding hydrogens is 445 g/mol. The number of rotatable bonds is 1. The fraction of sp³-hybridized carbons (Fsp3) is 0.947. The number of nitrogens with one attached hydrogen (secondary N) is 1. The summed E-state index contributed by atoms with van der Waals surface area (Å²) in [4.78, 5) is 7.22. The highest BCUT2D eigenvalue weighted by Gasteiger charge is 2.59. The van der Waals surface area contributed by atoms with Crippen LogP contribution in [0.1, 0.15) is 52.4 Å². The van der Waals surface area contributed by atoms with Gasteiger partial charge in [-0.15, -0.1) is 24.0 Å². The summed E-state index contributed by atoms with van der Waals surface area (Å²) >= 11 is 2.23. The van der Waals surface area contributed by atoms with Crippen LogP contribution in [-0.4, -0.2) is 60.2 Å². The Bertz CT molecular complexity index is 501. The second-order valence-electron chi connectivity index (χ2n) is 8.75. The lowest BCUT2D eigenvalue weighted by molar-refractivity contribution is -0.107. The van der Waals surface area contributed by atoms with Crippen LogP contribution in [0.3, 0.4) is 0 Å². The van der Waals surface area contributed by atoms with Crippen LogP contribution in [0.25, 0.3) is 0 Å². The molecular formula is C19H34IN3OS. The molecule has 0 aromatic heterocycles. The predicted octanol–water partition coefficient (Wildman–Crippen LogP) is 3.75. The van der Waals surface area contributed by atoms with Crippen molar-refractivity contribution < 1.29 is 4.74 Å². The van der Waals surface area contributed by atoms with E-state index in [9.17, 15) is 0 Å². The molecule has 0 aromatic carbocycles. The topological polar surface area (TPSA) is 36.9 Å². The minimum Gasteiger partial charge on any atom is -0.377 e. The average molecular weight is 479 g/mol. The Morgan fingerprint density at radius 3 is 2.72 bits per heavy atom. The molecule has 4 aliphatic rings. The van der Waals surface area contributed by atoms with E-state index in [1.165, 1.54) is 50.8 Å². The van der Waals surface area contributed by atoms with Gasteiger partial charge in [0.1, 0.15) is 0 Å². The molecule has 4 rings (SSSR count). The molecule has 2 aliphatic heterocycles. The predicted molar refractivity (Wildman–Crippen MR) is 117 cm³/mol. The van der Waals surface area contributed by atoms with Crippen molar-refractivity contribution in [3.8, 4) is 0 Å². The second-order valence-corrected chi connectivity index (χ2v) is 10.3. The van der Waals surface area contributed by atoms with Crippen molar-refractivity contribution >= 4 is 41.7 Å². The van der Waals surface area contributed by atoms with E-state index in [0.717, 1.165) is 19.1 Å². The number of halogens is 1. The Balaban J connectivity index is 0.00000182. The van der Waals surface area contributed by atoms with Crippen molar-refractivity contribution in [3.63, 3.8) is 0 Å². The summed E-state index contributed by atoms with van der Waals surface area (Å²) in [6, 6.07) is 0.501. The summed E-state index contributed by atoms with van der Waals surface area (Å²) in [5, 5.41) is 3.84. The molecule has 2 saturated carbocycles. The maximum Gasteiger partial charge on any atom is 0.193 e. The maximum atomic E-state index is 5.95. The second kappa shape index (κ2) is 7.74. The first-order valence-electron chi connectivity index (χ1n) is 9.80. The Hall–Kier alpha value is 0.310. The van der Waals surface area contributed by atoms with Crippen molar-refractivity contribution in [1.29, 1.82) is 0 Å². The highest BCUT2D eigenvalue weighted by atomic mass is 127. The van der Waals surface area contributed by atoms with Crippen LogP contribution < -0.4 is 5.32 Å². The fourth-order valence-corrected chi connectivity index (χ4v) is 7.15. The molecule has 1 spiro atoms. The molecule has 3 unspecified atom stereocenters. The number of nitrogens with zero attached hydrogens (tertiary/aromatic N) is 2. The van der Waals surface area contributed by atoms with Gasteiger partial charge < -0.3 is 15.0 Å². The van der Waals surface area contributed by atoms with E-state index in [2.05, 4.69) is 40.8 Å². The van der Waals surface area contributed by atoms with Crippen LogP contribution in [0.4, 0.5) is 0 Å². The first-order chi connectivity index (χ1) is 11.6.